The first-order valence-electron chi connectivity index (χ1n) is 6.20. The van der Waals surface area contributed by atoms with Crippen LogP contribution in [0.5, 0.6) is 5.75 Å². The van der Waals surface area contributed by atoms with Gasteiger partial charge >= 0.3 is 0 Å². The number of rotatable bonds is 7. The summed E-state index contributed by atoms with van der Waals surface area (Å²) in [4.78, 5) is 11.4. The maximum atomic E-state index is 11.4. The first-order chi connectivity index (χ1) is 8.61. The number of alkyl halides is 1. The molecule has 1 amide bonds. The summed E-state index contributed by atoms with van der Waals surface area (Å²) in [5, 5.41) is 2.86. The van der Waals surface area contributed by atoms with Gasteiger partial charge in [0.15, 0.2) is 0 Å². The molecule has 0 spiro atoms. The van der Waals surface area contributed by atoms with Crippen LogP contribution in [0, 0.1) is 0 Å². The third kappa shape index (κ3) is 5.92. The molecule has 1 aromatic carbocycles. The average Bonchev–Trinajstić information content (AvgIpc) is 2.35. The van der Waals surface area contributed by atoms with Gasteiger partial charge in [0, 0.05) is 18.8 Å². The van der Waals surface area contributed by atoms with Crippen molar-refractivity contribution >= 4 is 17.5 Å². The molecule has 1 aromatic rings. The van der Waals surface area contributed by atoms with E-state index in [0.717, 1.165) is 11.3 Å². The molecule has 0 saturated heterocycles. The third-order valence-electron chi connectivity index (χ3n) is 2.32. The van der Waals surface area contributed by atoms with Crippen molar-refractivity contribution < 1.29 is 9.53 Å². The molecule has 0 fully saturated rings. The highest BCUT2D eigenvalue weighted by molar-refractivity contribution is 6.17. The number of ether oxygens (including phenoxy) is 1. The van der Waals surface area contributed by atoms with Crippen molar-refractivity contribution in [1.82, 2.24) is 5.32 Å². The van der Waals surface area contributed by atoms with E-state index in [9.17, 15) is 4.79 Å². The van der Waals surface area contributed by atoms with Gasteiger partial charge in [-0.1, -0.05) is 12.1 Å². The molecular formula is C14H20ClNO2. The molecule has 100 valence electrons. The molecule has 3 nitrogen and oxygen atoms in total. The van der Waals surface area contributed by atoms with E-state index in [2.05, 4.69) is 5.32 Å². The maximum Gasteiger partial charge on any atom is 0.220 e. The van der Waals surface area contributed by atoms with Crippen molar-refractivity contribution in [3.05, 3.63) is 29.8 Å². The van der Waals surface area contributed by atoms with E-state index in [1.54, 1.807) is 0 Å². The van der Waals surface area contributed by atoms with E-state index in [0.29, 0.717) is 25.3 Å². The number of carbonyl (C=O) groups excluding carboxylic acids is 1. The number of amides is 1. The first kappa shape index (κ1) is 14.8. The lowest BCUT2D eigenvalue weighted by Gasteiger charge is -2.10. The Hall–Kier alpha value is -1.22. The molecule has 0 radical (unpaired) electrons. The number of nitrogens with one attached hydrogen (secondary N) is 1. The smallest absolute Gasteiger partial charge is 0.220 e. The number of carbonyl (C=O) groups is 1. The largest absolute Gasteiger partial charge is 0.491 e. The third-order valence-corrected chi connectivity index (χ3v) is 2.59. The normalized spacial score (nSPS) is 10.4. The number of hydrogen-bond acceptors (Lipinski definition) is 2. The van der Waals surface area contributed by atoms with Gasteiger partial charge in [-0.05, 0) is 38.0 Å². The van der Waals surface area contributed by atoms with Crippen molar-refractivity contribution in [1.29, 1.82) is 0 Å². The van der Waals surface area contributed by atoms with E-state index in [4.69, 9.17) is 16.3 Å². The van der Waals surface area contributed by atoms with Crippen LogP contribution in [0.3, 0.4) is 0 Å². The van der Waals surface area contributed by atoms with Crippen LogP contribution < -0.4 is 10.1 Å². The Morgan fingerprint density at radius 1 is 1.33 bits per heavy atom. The molecule has 0 atom stereocenters. The van der Waals surface area contributed by atoms with Crippen molar-refractivity contribution in [3.8, 4) is 5.75 Å². The van der Waals surface area contributed by atoms with Crippen LogP contribution in [-0.4, -0.2) is 17.9 Å². The quantitative estimate of drug-likeness (QED) is 0.773. The Balaban J connectivity index is 2.37. The Morgan fingerprint density at radius 2 is 2.00 bits per heavy atom. The van der Waals surface area contributed by atoms with Gasteiger partial charge in [0.05, 0.1) is 6.10 Å². The number of benzene rings is 1. The fourth-order valence-electron chi connectivity index (χ4n) is 1.47. The van der Waals surface area contributed by atoms with Gasteiger partial charge in [-0.25, -0.2) is 0 Å². The minimum atomic E-state index is 0.0400. The molecule has 0 aliphatic heterocycles. The molecule has 1 N–H and O–H groups in total. The zero-order valence-electron chi connectivity index (χ0n) is 10.9. The van der Waals surface area contributed by atoms with Gasteiger partial charge in [-0.2, -0.15) is 0 Å². The molecule has 18 heavy (non-hydrogen) atoms. The summed E-state index contributed by atoms with van der Waals surface area (Å²) in [6, 6.07) is 7.75. The molecule has 4 heteroatoms. The second-order valence-electron chi connectivity index (χ2n) is 4.38. The van der Waals surface area contributed by atoms with Crippen LogP contribution in [0.1, 0.15) is 32.3 Å². The van der Waals surface area contributed by atoms with Gasteiger partial charge in [-0.15, -0.1) is 11.6 Å². The van der Waals surface area contributed by atoms with Gasteiger partial charge in [0.1, 0.15) is 5.75 Å². The molecule has 0 aliphatic rings. The SMILES string of the molecule is CC(C)Oc1ccc(CNC(=O)CCCCl)cc1. The standard InChI is InChI=1S/C14H20ClNO2/c1-11(2)18-13-7-5-12(6-8-13)10-16-14(17)4-3-9-15/h5-8,11H,3-4,9-10H2,1-2H3,(H,16,17). The molecule has 0 aliphatic carbocycles. The summed E-state index contributed by atoms with van der Waals surface area (Å²) in [5.41, 5.74) is 1.06. The zero-order chi connectivity index (χ0) is 13.4. The van der Waals surface area contributed by atoms with Crippen LogP contribution >= 0.6 is 11.6 Å². The van der Waals surface area contributed by atoms with Crippen LogP contribution in [0.25, 0.3) is 0 Å². The van der Waals surface area contributed by atoms with Gasteiger partial charge in [0.2, 0.25) is 5.91 Å². The van der Waals surface area contributed by atoms with Crippen molar-refractivity contribution in [2.45, 2.75) is 39.3 Å². The molecule has 0 unspecified atom stereocenters. The molecule has 0 saturated carbocycles. The van der Waals surface area contributed by atoms with E-state index >= 15 is 0 Å². The van der Waals surface area contributed by atoms with Crippen LogP contribution in [0.15, 0.2) is 24.3 Å². The second kappa shape index (κ2) is 7.98. The molecule has 1 rings (SSSR count). The minimum Gasteiger partial charge on any atom is -0.491 e. The summed E-state index contributed by atoms with van der Waals surface area (Å²) in [6.45, 7) is 4.53. The van der Waals surface area contributed by atoms with Crippen LogP contribution in [-0.2, 0) is 11.3 Å². The summed E-state index contributed by atoms with van der Waals surface area (Å²) in [7, 11) is 0. The number of hydrogen-bond donors (Lipinski definition) is 1. The van der Waals surface area contributed by atoms with E-state index in [1.807, 2.05) is 38.1 Å². The summed E-state index contributed by atoms with van der Waals surface area (Å²) in [5.74, 6) is 1.41. The first-order valence-corrected chi connectivity index (χ1v) is 6.73. The van der Waals surface area contributed by atoms with Gasteiger partial charge in [-0.3, -0.25) is 4.79 Å². The minimum absolute atomic E-state index is 0.0400. The van der Waals surface area contributed by atoms with Gasteiger partial charge in [0.25, 0.3) is 0 Å². The Morgan fingerprint density at radius 3 is 2.56 bits per heavy atom. The number of halogens is 1. The van der Waals surface area contributed by atoms with Crippen LogP contribution in [0.2, 0.25) is 0 Å². The average molecular weight is 270 g/mol. The maximum absolute atomic E-state index is 11.4. The molecular weight excluding hydrogens is 250 g/mol. The predicted molar refractivity (Wildman–Crippen MR) is 74.0 cm³/mol. The lowest BCUT2D eigenvalue weighted by Crippen LogP contribution is -2.22. The fourth-order valence-corrected chi connectivity index (χ4v) is 1.61. The van der Waals surface area contributed by atoms with Crippen LogP contribution in [0.4, 0.5) is 0 Å². The topological polar surface area (TPSA) is 38.3 Å². The summed E-state index contributed by atoms with van der Waals surface area (Å²) in [6.07, 6.45) is 1.37. The highest BCUT2D eigenvalue weighted by atomic mass is 35.5. The zero-order valence-corrected chi connectivity index (χ0v) is 11.7. The lowest BCUT2D eigenvalue weighted by molar-refractivity contribution is -0.121. The second-order valence-corrected chi connectivity index (χ2v) is 4.76. The predicted octanol–water partition coefficient (Wildman–Crippen LogP) is 3.11. The highest BCUT2D eigenvalue weighted by Crippen LogP contribution is 2.13. The van der Waals surface area contributed by atoms with Gasteiger partial charge < -0.3 is 10.1 Å². The lowest BCUT2D eigenvalue weighted by atomic mass is 10.2. The Labute approximate surface area is 113 Å². The Kier molecular flexibility index (Phi) is 6.58. The Bertz CT molecular complexity index is 363. The molecule has 0 heterocycles. The molecule has 0 bridgehead atoms. The summed E-state index contributed by atoms with van der Waals surface area (Å²) < 4.78 is 5.55. The monoisotopic (exact) mass is 269 g/mol. The fraction of sp³-hybridized carbons (Fsp3) is 0.500. The van der Waals surface area contributed by atoms with E-state index in [1.165, 1.54) is 0 Å². The highest BCUT2D eigenvalue weighted by Gasteiger charge is 2.01. The van der Waals surface area contributed by atoms with Crippen molar-refractivity contribution in [3.63, 3.8) is 0 Å². The van der Waals surface area contributed by atoms with E-state index < -0.39 is 0 Å². The van der Waals surface area contributed by atoms with E-state index in [-0.39, 0.29) is 12.0 Å². The molecule has 0 aromatic heterocycles. The summed E-state index contributed by atoms with van der Waals surface area (Å²) >= 11 is 5.53. The van der Waals surface area contributed by atoms with Crippen molar-refractivity contribution in [2.75, 3.05) is 5.88 Å². The van der Waals surface area contributed by atoms with Crippen molar-refractivity contribution in [2.24, 2.45) is 0 Å².